The molecule has 2 unspecified atom stereocenters. The van der Waals surface area contributed by atoms with E-state index in [0.717, 1.165) is 17.7 Å². The number of nitro benzene ring substituents is 1. The molecule has 0 aliphatic rings. The van der Waals surface area contributed by atoms with Crippen LogP contribution in [-0.4, -0.2) is 41.2 Å². The molecule has 0 bridgehead atoms. The number of aliphatic hydroxyl groups excluding tert-OH is 1. The molecule has 26 heavy (non-hydrogen) atoms. The van der Waals surface area contributed by atoms with Gasteiger partial charge in [-0.2, -0.15) is 0 Å². The molecule has 2 aromatic carbocycles. The van der Waals surface area contributed by atoms with E-state index in [2.05, 4.69) is 6.92 Å². The molecule has 0 aliphatic carbocycles. The van der Waals surface area contributed by atoms with Crippen molar-refractivity contribution >= 4 is 5.69 Å². The van der Waals surface area contributed by atoms with Crippen LogP contribution in [0, 0.1) is 10.1 Å². The molecule has 2 rings (SSSR count). The molecule has 0 fully saturated rings. The molecular formula is C20H26N2O4. The molecule has 6 heteroatoms. The highest BCUT2D eigenvalue weighted by atomic mass is 16.6. The van der Waals surface area contributed by atoms with Crippen molar-refractivity contribution in [3.8, 4) is 5.75 Å². The summed E-state index contributed by atoms with van der Waals surface area (Å²) >= 11 is 0. The number of non-ortho nitro benzene ring substituents is 1. The molecule has 0 heterocycles. The average Bonchev–Trinajstić information content (AvgIpc) is 2.66. The second-order valence-electron chi connectivity index (χ2n) is 6.43. The van der Waals surface area contributed by atoms with Crippen LogP contribution in [0.2, 0.25) is 0 Å². The van der Waals surface area contributed by atoms with Gasteiger partial charge >= 0.3 is 0 Å². The molecule has 0 aliphatic heterocycles. The van der Waals surface area contributed by atoms with Crippen molar-refractivity contribution < 1.29 is 14.8 Å². The molecule has 0 amide bonds. The van der Waals surface area contributed by atoms with Crippen molar-refractivity contribution in [2.24, 2.45) is 0 Å². The molecule has 2 atom stereocenters. The smallest absolute Gasteiger partial charge is 0.269 e. The van der Waals surface area contributed by atoms with Gasteiger partial charge in [0.05, 0.1) is 4.92 Å². The number of hydrogen-bond acceptors (Lipinski definition) is 5. The van der Waals surface area contributed by atoms with Crippen LogP contribution in [0.5, 0.6) is 5.75 Å². The fourth-order valence-corrected chi connectivity index (χ4v) is 2.71. The molecular weight excluding hydrogens is 332 g/mol. The topological polar surface area (TPSA) is 75.8 Å². The van der Waals surface area contributed by atoms with Gasteiger partial charge < -0.3 is 9.84 Å². The maximum atomic E-state index is 10.9. The Morgan fingerprint density at radius 1 is 1.23 bits per heavy atom. The zero-order chi connectivity index (χ0) is 19.1. The third kappa shape index (κ3) is 5.54. The van der Waals surface area contributed by atoms with E-state index >= 15 is 0 Å². The second kappa shape index (κ2) is 9.31. The molecule has 0 aromatic heterocycles. The summed E-state index contributed by atoms with van der Waals surface area (Å²) < 4.78 is 5.64. The van der Waals surface area contributed by atoms with Gasteiger partial charge in [-0.1, -0.05) is 31.2 Å². The van der Waals surface area contributed by atoms with E-state index in [1.54, 1.807) is 12.1 Å². The minimum Gasteiger partial charge on any atom is -0.491 e. The zero-order valence-corrected chi connectivity index (χ0v) is 15.5. The lowest BCUT2D eigenvalue weighted by molar-refractivity contribution is -0.384. The molecule has 0 saturated heterocycles. The van der Waals surface area contributed by atoms with Gasteiger partial charge in [0.15, 0.2) is 0 Å². The van der Waals surface area contributed by atoms with E-state index < -0.39 is 11.0 Å². The average molecular weight is 358 g/mol. The zero-order valence-electron chi connectivity index (χ0n) is 15.5. The van der Waals surface area contributed by atoms with Crippen LogP contribution >= 0.6 is 0 Å². The molecule has 0 saturated carbocycles. The summed E-state index contributed by atoms with van der Waals surface area (Å²) in [5.41, 5.74) is 2.15. The Morgan fingerprint density at radius 3 is 2.54 bits per heavy atom. The Hall–Kier alpha value is -2.44. The number of benzene rings is 2. The monoisotopic (exact) mass is 358 g/mol. The van der Waals surface area contributed by atoms with E-state index in [9.17, 15) is 15.2 Å². The van der Waals surface area contributed by atoms with E-state index in [4.69, 9.17) is 4.74 Å². The predicted molar refractivity (Wildman–Crippen MR) is 101 cm³/mol. The summed E-state index contributed by atoms with van der Waals surface area (Å²) in [5.74, 6) is 0.732. The number of likely N-dealkylation sites (N-methyl/N-ethyl adjacent to an activating group) is 1. The maximum absolute atomic E-state index is 10.9. The SMILES string of the molecule is CCc1ccc(OCC(O)CN(C)C(C)c2cccc([N+](=O)[O-])c2)cc1. The summed E-state index contributed by atoms with van der Waals surface area (Å²) in [5, 5.41) is 21.2. The van der Waals surface area contributed by atoms with E-state index in [1.165, 1.54) is 11.6 Å². The first-order chi connectivity index (χ1) is 12.4. The van der Waals surface area contributed by atoms with Crippen molar-refractivity contribution in [3.63, 3.8) is 0 Å². The highest BCUT2D eigenvalue weighted by molar-refractivity contribution is 5.35. The number of aliphatic hydroxyl groups is 1. The lowest BCUT2D eigenvalue weighted by Gasteiger charge is -2.27. The van der Waals surface area contributed by atoms with Crippen molar-refractivity contribution in [2.45, 2.75) is 32.4 Å². The first-order valence-corrected chi connectivity index (χ1v) is 8.75. The number of nitro groups is 1. The van der Waals surface area contributed by atoms with Crippen LogP contribution in [0.25, 0.3) is 0 Å². The fourth-order valence-electron chi connectivity index (χ4n) is 2.71. The Kier molecular flexibility index (Phi) is 7.12. The number of ether oxygens (including phenoxy) is 1. The summed E-state index contributed by atoms with van der Waals surface area (Å²) in [6, 6.07) is 14.3. The Morgan fingerprint density at radius 2 is 1.92 bits per heavy atom. The van der Waals surface area contributed by atoms with Crippen molar-refractivity contribution in [1.29, 1.82) is 0 Å². The standard InChI is InChI=1S/C20H26N2O4/c1-4-16-8-10-20(11-9-16)26-14-19(23)13-21(3)15(2)17-6-5-7-18(12-17)22(24)25/h5-12,15,19,23H,4,13-14H2,1-3H3. The van der Waals surface area contributed by atoms with E-state index in [0.29, 0.717) is 6.54 Å². The van der Waals surface area contributed by atoms with Gasteiger partial charge in [-0.05, 0) is 43.7 Å². The number of rotatable bonds is 9. The van der Waals surface area contributed by atoms with Crippen LogP contribution in [0.15, 0.2) is 48.5 Å². The Labute approximate surface area is 154 Å². The number of aryl methyl sites for hydroxylation is 1. The summed E-state index contributed by atoms with van der Waals surface area (Å²) in [6.07, 6.45) is 0.315. The third-order valence-electron chi connectivity index (χ3n) is 4.50. The van der Waals surface area contributed by atoms with Gasteiger partial charge in [-0.3, -0.25) is 15.0 Å². The van der Waals surface area contributed by atoms with Crippen LogP contribution in [-0.2, 0) is 6.42 Å². The number of hydrogen-bond donors (Lipinski definition) is 1. The van der Waals surface area contributed by atoms with Crippen LogP contribution in [0.3, 0.4) is 0 Å². The van der Waals surface area contributed by atoms with Crippen molar-refractivity contribution in [2.75, 3.05) is 20.2 Å². The molecule has 2 aromatic rings. The number of nitrogens with zero attached hydrogens (tertiary/aromatic N) is 2. The lowest BCUT2D eigenvalue weighted by atomic mass is 10.1. The van der Waals surface area contributed by atoms with Crippen LogP contribution in [0.1, 0.15) is 31.0 Å². The first-order valence-electron chi connectivity index (χ1n) is 8.75. The Balaban J connectivity index is 1.88. The third-order valence-corrected chi connectivity index (χ3v) is 4.50. The van der Waals surface area contributed by atoms with Gasteiger partial charge in [0, 0.05) is 24.7 Å². The Bertz CT molecular complexity index is 718. The minimum atomic E-state index is -0.660. The quantitative estimate of drug-likeness (QED) is 0.548. The summed E-state index contributed by atoms with van der Waals surface area (Å²) in [7, 11) is 1.88. The second-order valence-corrected chi connectivity index (χ2v) is 6.43. The van der Waals surface area contributed by atoms with Gasteiger partial charge in [-0.25, -0.2) is 0 Å². The van der Waals surface area contributed by atoms with Gasteiger partial charge in [-0.15, -0.1) is 0 Å². The summed E-state index contributed by atoms with van der Waals surface area (Å²) in [4.78, 5) is 12.5. The minimum absolute atomic E-state index is 0.0617. The van der Waals surface area contributed by atoms with Crippen molar-refractivity contribution in [1.82, 2.24) is 4.90 Å². The highest BCUT2D eigenvalue weighted by Gasteiger charge is 2.18. The first kappa shape index (κ1) is 19.9. The summed E-state index contributed by atoms with van der Waals surface area (Å²) in [6.45, 7) is 4.64. The predicted octanol–water partition coefficient (Wildman–Crippen LogP) is 3.59. The molecule has 0 radical (unpaired) electrons. The van der Waals surface area contributed by atoms with Gasteiger partial charge in [0.1, 0.15) is 18.5 Å². The van der Waals surface area contributed by atoms with E-state index in [-0.39, 0.29) is 18.3 Å². The molecule has 140 valence electrons. The van der Waals surface area contributed by atoms with Gasteiger partial charge in [0.25, 0.3) is 5.69 Å². The highest BCUT2D eigenvalue weighted by Crippen LogP contribution is 2.23. The molecule has 0 spiro atoms. The lowest BCUT2D eigenvalue weighted by Crippen LogP contribution is -2.34. The normalized spacial score (nSPS) is 13.4. The van der Waals surface area contributed by atoms with E-state index in [1.807, 2.05) is 49.2 Å². The maximum Gasteiger partial charge on any atom is 0.269 e. The largest absolute Gasteiger partial charge is 0.491 e. The molecule has 1 N–H and O–H groups in total. The van der Waals surface area contributed by atoms with Crippen LogP contribution in [0.4, 0.5) is 5.69 Å². The van der Waals surface area contributed by atoms with Gasteiger partial charge in [0.2, 0.25) is 0 Å². The van der Waals surface area contributed by atoms with Crippen molar-refractivity contribution in [3.05, 3.63) is 69.8 Å². The van der Waals surface area contributed by atoms with Crippen LogP contribution < -0.4 is 4.74 Å². The fraction of sp³-hybridized carbons (Fsp3) is 0.400. The molecule has 6 nitrogen and oxygen atoms in total.